The molecule has 2 unspecified atom stereocenters. The minimum atomic E-state index is -0.516. The van der Waals surface area contributed by atoms with Gasteiger partial charge in [0.15, 0.2) is 0 Å². The van der Waals surface area contributed by atoms with Gasteiger partial charge in [-0.2, -0.15) is 0 Å². The minimum Gasteiger partial charge on any atom is -0.491 e. The van der Waals surface area contributed by atoms with Gasteiger partial charge in [-0.1, -0.05) is 45.9 Å². The Bertz CT molecular complexity index is 1110. The SMILES string of the molecule is CCOC(=O)c1cc2cc(C(CC)CCc3ccc(OCC(O)C(C)(C)C)c(C)c3)ccc2o1. The fraction of sp³-hybridized carbons (Fsp3) is 0.483. The van der Waals surface area contributed by atoms with Crippen LogP contribution in [0.3, 0.4) is 0 Å². The molecule has 0 saturated heterocycles. The highest BCUT2D eigenvalue weighted by Crippen LogP contribution is 2.31. The van der Waals surface area contributed by atoms with E-state index in [0.717, 1.165) is 36.0 Å². The largest absolute Gasteiger partial charge is 0.491 e. The zero-order chi connectivity index (χ0) is 24.9. The molecule has 34 heavy (non-hydrogen) atoms. The zero-order valence-corrected chi connectivity index (χ0v) is 21.3. The van der Waals surface area contributed by atoms with Gasteiger partial charge in [-0.3, -0.25) is 0 Å². The van der Waals surface area contributed by atoms with Gasteiger partial charge in [0.25, 0.3) is 0 Å². The molecular formula is C29H38O5. The molecule has 5 heteroatoms. The number of fused-ring (bicyclic) bond motifs is 1. The average molecular weight is 467 g/mol. The maximum absolute atomic E-state index is 12.0. The van der Waals surface area contributed by atoms with Crippen molar-refractivity contribution in [2.24, 2.45) is 5.41 Å². The fourth-order valence-corrected chi connectivity index (χ4v) is 4.01. The Hall–Kier alpha value is -2.79. The summed E-state index contributed by atoms with van der Waals surface area (Å²) < 4.78 is 16.6. The lowest BCUT2D eigenvalue weighted by Crippen LogP contribution is -2.32. The number of furan rings is 1. The first-order valence-electron chi connectivity index (χ1n) is 12.2. The second-order valence-corrected chi connectivity index (χ2v) is 10.1. The molecule has 1 N–H and O–H groups in total. The summed E-state index contributed by atoms with van der Waals surface area (Å²) in [6, 6.07) is 14.2. The monoisotopic (exact) mass is 466 g/mol. The first-order chi connectivity index (χ1) is 16.1. The molecule has 0 aliphatic heterocycles. The van der Waals surface area contributed by atoms with Gasteiger partial charge in [-0.15, -0.1) is 0 Å². The van der Waals surface area contributed by atoms with Crippen LogP contribution in [-0.4, -0.2) is 30.4 Å². The van der Waals surface area contributed by atoms with Gasteiger partial charge in [-0.05, 0) is 85.4 Å². The molecule has 5 nitrogen and oxygen atoms in total. The van der Waals surface area contributed by atoms with E-state index in [1.54, 1.807) is 13.0 Å². The predicted octanol–water partition coefficient (Wildman–Crippen LogP) is 6.83. The van der Waals surface area contributed by atoms with Crippen LogP contribution >= 0.6 is 0 Å². The summed E-state index contributed by atoms with van der Waals surface area (Å²) in [5, 5.41) is 11.2. The van der Waals surface area contributed by atoms with E-state index in [4.69, 9.17) is 13.9 Å². The van der Waals surface area contributed by atoms with Crippen LogP contribution in [0.25, 0.3) is 11.0 Å². The van der Waals surface area contributed by atoms with Crippen molar-refractivity contribution < 1.29 is 23.8 Å². The van der Waals surface area contributed by atoms with E-state index >= 15 is 0 Å². The smallest absolute Gasteiger partial charge is 0.374 e. The number of aliphatic hydroxyl groups is 1. The van der Waals surface area contributed by atoms with Gasteiger partial charge in [-0.25, -0.2) is 4.79 Å². The first kappa shape index (κ1) is 25.8. The molecule has 0 spiro atoms. The summed E-state index contributed by atoms with van der Waals surface area (Å²) in [5.41, 5.74) is 4.10. The zero-order valence-electron chi connectivity index (χ0n) is 21.3. The van der Waals surface area contributed by atoms with Crippen molar-refractivity contribution in [2.45, 2.75) is 72.8 Å². The average Bonchev–Trinajstić information content (AvgIpc) is 3.22. The van der Waals surface area contributed by atoms with Gasteiger partial charge in [0.1, 0.15) is 17.9 Å². The highest BCUT2D eigenvalue weighted by atomic mass is 16.5. The number of esters is 1. The van der Waals surface area contributed by atoms with Crippen LogP contribution in [0.5, 0.6) is 5.75 Å². The number of aliphatic hydroxyl groups excluding tert-OH is 1. The van der Waals surface area contributed by atoms with E-state index in [9.17, 15) is 9.90 Å². The van der Waals surface area contributed by atoms with Gasteiger partial charge in [0, 0.05) is 5.39 Å². The quantitative estimate of drug-likeness (QED) is 0.332. The van der Waals surface area contributed by atoms with Crippen molar-refractivity contribution >= 4 is 16.9 Å². The van der Waals surface area contributed by atoms with Gasteiger partial charge in [0.2, 0.25) is 5.76 Å². The molecule has 0 aliphatic carbocycles. The molecule has 0 amide bonds. The predicted molar refractivity (Wildman–Crippen MR) is 136 cm³/mol. The second-order valence-electron chi connectivity index (χ2n) is 10.1. The highest BCUT2D eigenvalue weighted by molar-refractivity contribution is 5.92. The van der Waals surface area contributed by atoms with Crippen LogP contribution in [0, 0.1) is 12.3 Å². The van der Waals surface area contributed by atoms with E-state index in [1.165, 1.54) is 11.1 Å². The summed E-state index contributed by atoms with van der Waals surface area (Å²) in [6.45, 7) is 12.7. The van der Waals surface area contributed by atoms with Crippen LogP contribution in [0.15, 0.2) is 46.9 Å². The maximum atomic E-state index is 12.0. The first-order valence-corrected chi connectivity index (χ1v) is 12.2. The normalized spacial score (nSPS) is 13.6. The molecule has 2 atom stereocenters. The van der Waals surface area contributed by atoms with E-state index < -0.39 is 12.1 Å². The summed E-state index contributed by atoms with van der Waals surface area (Å²) in [7, 11) is 0. The molecule has 0 radical (unpaired) electrons. The number of ether oxygens (including phenoxy) is 2. The topological polar surface area (TPSA) is 68.9 Å². The molecule has 0 bridgehead atoms. The molecule has 0 aliphatic rings. The van der Waals surface area contributed by atoms with Crippen molar-refractivity contribution in [1.29, 1.82) is 0 Å². The lowest BCUT2D eigenvalue weighted by atomic mass is 9.89. The lowest BCUT2D eigenvalue weighted by Gasteiger charge is -2.26. The molecule has 2 aromatic carbocycles. The Labute approximate surface area is 203 Å². The fourth-order valence-electron chi connectivity index (χ4n) is 4.01. The Morgan fingerprint density at radius 3 is 2.50 bits per heavy atom. The highest BCUT2D eigenvalue weighted by Gasteiger charge is 2.23. The number of rotatable bonds is 10. The van der Waals surface area contributed by atoms with E-state index in [2.05, 4.69) is 31.2 Å². The Balaban J connectivity index is 1.65. The standard InChI is InChI=1S/C29H38O5/c1-7-21(22-12-14-25-23(16-22)17-26(34-25)28(31)32-8-2)11-9-20-10-13-24(19(3)15-20)33-18-27(30)29(4,5)6/h10,12-17,21,27,30H,7-9,11,18H2,1-6H3. The van der Waals surface area contributed by atoms with E-state index in [0.29, 0.717) is 18.1 Å². The van der Waals surface area contributed by atoms with Crippen molar-refractivity contribution in [3.8, 4) is 5.75 Å². The summed E-state index contributed by atoms with van der Waals surface area (Å²) in [6.07, 6.45) is 2.49. The number of hydrogen-bond donors (Lipinski definition) is 1. The second kappa shape index (κ2) is 11.1. The number of aryl methyl sites for hydroxylation is 2. The van der Waals surface area contributed by atoms with Crippen LogP contribution in [-0.2, 0) is 11.2 Å². The number of carbonyl (C=O) groups is 1. The van der Waals surface area contributed by atoms with Crippen molar-refractivity contribution in [1.82, 2.24) is 0 Å². The summed E-state index contributed by atoms with van der Waals surface area (Å²) in [5.74, 6) is 1.04. The third-order valence-corrected chi connectivity index (χ3v) is 6.40. The van der Waals surface area contributed by atoms with Crippen molar-refractivity contribution in [2.75, 3.05) is 13.2 Å². The van der Waals surface area contributed by atoms with Gasteiger partial charge < -0.3 is 19.0 Å². The van der Waals surface area contributed by atoms with Crippen LogP contribution in [0.4, 0.5) is 0 Å². The molecule has 3 rings (SSSR count). The van der Waals surface area contributed by atoms with Crippen LogP contribution in [0.2, 0.25) is 0 Å². The third-order valence-electron chi connectivity index (χ3n) is 6.40. The number of benzene rings is 2. The van der Waals surface area contributed by atoms with E-state index in [1.807, 2.05) is 39.8 Å². The summed E-state index contributed by atoms with van der Waals surface area (Å²) in [4.78, 5) is 12.0. The molecule has 0 saturated carbocycles. The van der Waals surface area contributed by atoms with Gasteiger partial charge in [0.05, 0.1) is 12.7 Å². The van der Waals surface area contributed by atoms with Crippen LogP contribution in [0.1, 0.15) is 80.6 Å². The Morgan fingerprint density at radius 1 is 1.09 bits per heavy atom. The van der Waals surface area contributed by atoms with Crippen LogP contribution < -0.4 is 4.74 Å². The van der Waals surface area contributed by atoms with Gasteiger partial charge >= 0.3 is 5.97 Å². The molecule has 3 aromatic rings. The lowest BCUT2D eigenvalue weighted by molar-refractivity contribution is 0.0216. The number of hydrogen-bond acceptors (Lipinski definition) is 5. The summed E-state index contributed by atoms with van der Waals surface area (Å²) >= 11 is 0. The molecule has 184 valence electrons. The number of carbonyl (C=O) groups excluding carboxylic acids is 1. The molecular weight excluding hydrogens is 428 g/mol. The third kappa shape index (κ3) is 6.41. The minimum absolute atomic E-state index is 0.205. The van der Waals surface area contributed by atoms with Crippen molar-refractivity contribution in [3.05, 3.63) is 64.9 Å². The Morgan fingerprint density at radius 2 is 1.85 bits per heavy atom. The molecule has 0 fully saturated rings. The molecule has 1 aromatic heterocycles. The Kier molecular flexibility index (Phi) is 8.42. The maximum Gasteiger partial charge on any atom is 0.374 e. The van der Waals surface area contributed by atoms with E-state index in [-0.39, 0.29) is 17.8 Å². The molecule has 1 heterocycles. The van der Waals surface area contributed by atoms with Crippen molar-refractivity contribution in [3.63, 3.8) is 0 Å².